The zero-order chi connectivity index (χ0) is 49.8. The van der Waals surface area contributed by atoms with Gasteiger partial charge in [0.05, 0.1) is 12.2 Å². The van der Waals surface area contributed by atoms with Crippen LogP contribution in [0, 0.1) is 0 Å². The first kappa shape index (κ1) is 56.9. The van der Waals surface area contributed by atoms with Crippen LogP contribution in [0.25, 0.3) is 0 Å². The normalized spacial score (nSPS) is 19.6. The first-order valence-corrected chi connectivity index (χ1v) is 24.8. The Morgan fingerprint density at radius 3 is 1.16 bits per heavy atom. The molecule has 18 heteroatoms. The molecule has 3 N–H and O–H groups in total. The first-order valence-electron chi connectivity index (χ1n) is 24.8. The van der Waals surface area contributed by atoms with Gasteiger partial charge in [0.25, 0.3) is 0 Å². The molecular formula is C49H86N8O10. The number of aromatic nitrogens is 3. The molecule has 0 aromatic carbocycles. The first-order chi connectivity index (χ1) is 31.5. The second-order valence-corrected chi connectivity index (χ2v) is 20.6. The SMILES string of the molecule is C=CC(C)(CN1CC1C)OC(=O)NCCCCCCn1c(=O)n(CCCCCCNC(=O)OC(C)(C)CCOC(C)(C)C)c(=O)n(CCCCCCNC(=O)OC(C)(C=C)CN2CC2C)c1=O. The van der Waals surface area contributed by atoms with E-state index < -0.39 is 52.2 Å². The summed E-state index contributed by atoms with van der Waals surface area (Å²) < 4.78 is 26.2. The van der Waals surface area contributed by atoms with Gasteiger partial charge in [-0.2, -0.15) is 0 Å². The summed E-state index contributed by atoms with van der Waals surface area (Å²) in [5.74, 6) is 0. The fourth-order valence-electron chi connectivity index (χ4n) is 7.62. The van der Waals surface area contributed by atoms with Crippen molar-refractivity contribution in [2.45, 2.75) is 200 Å². The standard InChI is InChI=1S/C49H86N8O10/c1-12-48(10,36-53-34-38(53)3)66-41(59)51-28-21-15-18-24-31-56-43(61)55(30-23-17-14-20-27-50-40(58)65-47(8,9)26-33-64-46(5,6)7)44(62)57(45(56)63)32-25-19-16-22-29-52-42(60)67-49(11,13-2)37-54-35-39(54)4/h12-13,38-39H,1-2,14-37H2,3-11H3,(H,50,58)(H,51,59)(H,52,60). The van der Waals surface area contributed by atoms with E-state index in [0.29, 0.717) is 116 Å². The molecule has 3 rings (SSSR count). The van der Waals surface area contributed by atoms with Crippen molar-refractivity contribution in [2.24, 2.45) is 0 Å². The lowest BCUT2D eigenvalue weighted by Gasteiger charge is -2.27. The number of rotatable bonds is 33. The maximum atomic E-state index is 13.7. The Labute approximate surface area is 399 Å². The number of alkyl carbamates (subject to hydrolysis) is 3. The summed E-state index contributed by atoms with van der Waals surface area (Å²) in [6, 6.07) is 0.954. The highest BCUT2D eigenvalue weighted by atomic mass is 16.6. The summed E-state index contributed by atoms with van der Waals surface area (Å²) in [6.45, 7) is 30.6. The average Bonchev–Trinajstić information content (AvgIpc) is 4.14. The number of unbranched alkanes of at least 4 members (excludes halogenated alkanes) is 9. The van der Waals surface area contributed by atoms with E-state index in [-0.39, 0.29) is 25.2 Å². The fourth-order valence-corrected chi connectivity index (χ4v) is 7.62. The number of amides is 3. The largest absolute Gasteiger partial charge is 0.443 e. The number of hydrogen-bond donors (Lipinski definition) is 3. The van der Waals surface area contributed by atoms with Gasteiger partial charge < -0.3 is 34.9 Å². The van der Waals surface area contributed by atoms with E-state index in [1.165, 1.54) is 13.7 Å². The minimum atomic E-state index is -0.781. The van der Waals surface area contributed by atoms with E-state index >= 15 is 0 Å². The number of hydrogen-bond acceptors (Lipinski definition) is 12. The Hall–Kier alpha value is -4.42. The highest BCUT2D eigenvalue weighted by Gasteiger charge is 2.38. The minimum absolute atomic E-state index is 0.158. The van der Waals surface area contributed by atoms with E-state index in [1.54, 1.807) is 12.2 Å². The molecule has 0 aliphatic carbocycles. The highest BCUT2D eigenvalue weighted by Crippen LogP contribution is 2.25. The van der Waals surface area contributed by atoms with Crippen LogP contribution in [0.1, 0.15) is 146 Å². The third kappa shape index (κ3) is 21.6. The molecule has 3 amide bonds. The molecule has 18 nitrogen and oxygen atoms in total. The molecule has 1 aromatic rings. The summed E-state index contributed by atoms with van der Waals surface area (Å²) in [7, 11) is 0. The smallest absolute Gasteiger partial charge is 0.408 e. The number of carbonyl (C=O) groups excluding carboxylic acids is 3. The van der Waals surface area contributed by atoms with Crippen molar-refractivity contribution in [1.29, 1.82) is 0 Å². The molecule has 1 aromatic heterocycles. The zero-order valence-electron chi connectivity index (χ0n) is 42.5. The van der Waals surface area contributed by atoms with Crippen LogP contribution in [0.4, 0.5) is 14.4 Å². The van der Waals surface area contributed by atoms with E-state index in [0.717, 1.165) is 32.4 Å². The second-order valence-electron chi connectivity index (χ2n) is 20.6. The van der Waals surface area contributed by atoms with Gasteiger partial charge in [-0.3, -0.25) is 9.80 Å². The molecule has 2 fully saturated rings. The van der Waals surface area contributed by atoms with Crippen molar-refractivity contribution in [3.63, 3.8) is 0 Å². The molecule has 0 spiro atoms. The van der Waals surface area contributed by atoms with Gasteiger partial charge >= 0.3 is 35.3 Å². The quantitative estimate of drug-likeness (QED) is 0.0308. The van der Waals surface area contributed by atoms with Crippen LogP contribution >= 0.6 is 0 Å². The Morgan fingerprint density at radius 1 is 0.552 bits per heavy atom. The van der Waals surface area contributed by atoms with Crippen LogP contribution in [-0.2, 0) is 38.6 Å². The Bertz CT molecular complexity index is 1840. The number of nitrogens with one attached hydrogen (secondary N) is 3. The molecule has 2 aliphatic rings. The molecule has 2 aliphatic heterocycles. The lowest BCUT2D eigenvalue weighted by molar-refractivity contribution is -0.0402. The van der Waals surface area contributed by atoms with Crippen LogP contribution in [0.2, 0.25) is 0 Å². The molecule has 2 saturated heterocycles. The van der Waals surface area contributed by atoms with Crippen molar-refractivity contribution < 1.29 is 33.3 Å². The van der Waals surface area contributed by atoms with Gasteiger partial charge in [-0.25, -0.2) is 42.5 Å². The van der Waals surface area contributed by atoms with Crippen LogP contribution in [0.5, 0.6) is 0 Å². The fraction of sp³-hybridized carbons (Fsp3) is 0.796. The van der Waals surface area contributed by atoms with Crippen LogP contribution in [-0.4, -0.2) is 129 Å². The van der Waals surface area contributed by atoms with Gasteiger partial charge in [-0.05, 0) is 113 Å². The molecule has 3 heterocycles. The summed E-state index contributed by atoms with van der Waals surface area (Å²) in [4.78, 5) is 82.9. The van der Waals surface area contributed by atoms with Crippen molar-refractivity contribution in [3.8, 4) is 0 Å². The van der Waals surface area contributed by atoms with Gasteiger partial charge in [-0.15, -0.1) is 0 Å². The lowest BCUT2D eigenvalue weighted by Crippen LogP contribution is -2.54. The van der Waals surface area contributed by atoms with Gasteiger partial charge in [0.2, 0.25) is 0 Å². The summed E-state index contributed by atoms with van der Waals surface area (Å²) in [6.07, 6.45) is 10.4. The Kier molecular flexibility index (Phi) is 22.9. The van der Waals surface area contributed by atoms with Gasteiger partial charge in [0.15, 0.2) is 0 Å². The molecule has 6 atom stereocenters. The molecule has 6 unspecified atom stereocenters. The van der Waals surface area contributed by atoms with Crippen molar-refractivity contribution in [1.82, 2.24) is 39.5 Å². The minimum Gasteiger partial charge on any atom is -0.443 e. The van der Waals surface area contributed by atoms with Gasteiger partial charge in [0, 0.05) is 84.0 Å². The second kappa shape index (κ2) is 26.9. The Balaban J connectivity index is 1.49. The van der Waals surface area contributed by atoms with E-state index in [9.17, 15) is 28.8 Å². The molecule has 0 bridgehead atoms. The highest BCUT2D eigenvalue weighted by molar-refractivity contribution is 5.68. The molecule has 0 saturated carbocycles. The third-order valence-corrected chi connectivity index (χ3v) is 12.3. The molecule has 67 heavy (non-hydrogen) atoms. The van der Waals surface area contributed by atoms with Gasteiger partial charge in [0.1, 0.15) is 16.8 Å². The Morgan fingerprint density at radius 2 is 0.866 bits per heavy atom. The van der Waals surface area contributed by atoms with Crippen molar-refractivity contribution in [2.75, 3.05) is 52.4 Å². The number of ether oxygens (including phenoxy) is 4. The van der Waals surface area contributed by atoms with Crippen molar-refractivity contribution in [3.05, 3.63) is 56.8 Å². The van der Waals surface area contributed by atoms with Crippen molar-refractivity contribution >= 4 is 18.3 Å². The predicted octanol–water partition coefficient (Wildman–Crippen LogP) is 6.31. The molecule has 382 valence electrons. The predicted molar refractivity (Wildman–Crippen MR) is 262 cm³/mol. The van der Waals surface area contributed by atoms with E-state index in [4.69, 9.17) is 18.9 Å². The van der Waals surface area contributed by atoms with E-state index in [1.807, 2.05) is 48.5 Å². The van der Waals surface area contributed by atoms with E-state index in [2.05, 4.69) is 52.8 Å². The van der Waals surface area contributed by atoms with Crippen LogP contribution < -0.4 is 33.0 Å². The summed E-state index contributed by atoms with van der Waals surface area (Å²) in [5.41, 5.74) is -4.37. The lowest BCUT2D eigenvalue weighted by atomic mass is 10.1. The average molecular weight is 947 g/mol. The monoisotopic (exact) mass is 947 g/mol. The maximum Gasteiger partial charge on any atom is 0.408 e. The zero-order valence-corrected chi connectivity index (χ0v) is 42.5. The summed E-state index contributed by atoms with van der Waals surface area (Å²) >= 11 is 0. The number of carbonyl (C=O) groups is 3. The maximum absolute atomic E-state index is 13.7. The molecular weight excluding hydrogens is 861 g/mol. The topological polar surface area (TPSA) is 196 Å². The molecule has 0 radical (unpaired) electrons. The van der Waals surface area contributed by atoms with Gasteiger partial charge in [-0.1, -0.05) is 51.7 Å². The third-order valence-electron chi connectivity index (χ3n) is 12.3. The number of nitrogens with zero attached hydrogens (tertiary/aromatic N) is 5. The summed E-state index contributed by atoms with van der Waals surface area (Å²) in [5, 5.41) is 8.43. The van der Waals surface area contributed by atoms with Crippen LogP contribution in [0.3, 0.4) is 0 Å². The van der Waals surface area contributed by atoms with Crippen LogP contribution in [0.15, 0.2) is 39.7 Å².